The first-order valence-corrected chi connectivity index (χ1v) is 8.50. The Morgan fingerprint density at radius 3 is 2.67 bits per heavy atom. The first-order chi connectivity index (χ1) is 13.0. The lowest BCUT2D eigenvalue weighted by molar-refractivity contribution is 0.0697. The molecule has 138 valence electrons. The number of rotatable bonds is 6. The van der Waals surface area contributed by atoms with Crippen molar-refractivity contribution in [2.75, 3.05) is 12.4 Å². The van der Waals surface area contributed by atoms with E-state index in [-0.39, 0.29) is 5.56 Å². The molecule has 27 heavy (non-hydrogen) atoms. The third-order valence-corrected chi connectivity index (χ3v) is 4.13. The molecule has 0 aliphatic rings. The summed E-state index contributed by atoms with van der Waals surface area (Å²) in [6.07, 6.45) is 3.80. The Bertz CT molecular complexity index is 1010. The van der Waals surface area contributed by atoms with Crippen molar-refractivity contribution in [1.82, 2.24) is 9.78 Å². The third-order valence-electron chi connectivity index (χ3n) is 4.13. The van der Waals surface area contributed by atoms with Crippen LogP contribution in [-0.2, 0) is 0 Å². The fraction of sp³-hybridized carbons (Fsp3) is 0.143. The second kappa shape index (κ2) is 7.78. The highest BCUT2D eigenvalue weighted by atomic mass is 16.5. The Labute approximate surface area is 157 Å². The molecule has 2 N–H and O–H groups in total. The lowest BCUT2D eigenvalue weighted by Gasteiger charge is -2.14. The Balaban J connectivity index is 2.10. The number of ether oxygens (including phenoxy) is 1. The summed E-state index contributed by atoms with van der Waals surface area (Å²) in [5, 5.41) is 17.4. The van der Waals surface area contributed by atoms with Gasteiger partial charge < -0.3 is 15.2 Å². The monoisotopic (exact) mass is 363 g/mol. The van der Waals surface area contributed by atoms with E-state index in [2.05, 4.69) is 10.4 Å². The number of aromatic nitrogens is 2. The van der Waals surface area contributed by atoms with E-state index in [0.717, 1.165) is 16.9 Å². The summed E-state index contributed by atoms with van der Waals surface area (Å²) in [7, 11) is 1.50. The molecule has 0 unspecified atom stereocenters. The molecule has 1 aromatic heterocycles. The number of carboxylic acid groups (broad SMARTS) is 1. The number of carbonyl (C=O) groups is 1. The topological polar surface area (TPSA) is 76.4 Å². The van der Waals surface area contributed by atoms with Crippen LogP contribution in [0.3, 0.4) is 0 Å². The molecule has 0 atom stereocenters. The number of aromatic carboxylic acids is 1. The summed E-state index contributed by atoms with van der Waals surface area (Å²) in [4.78, 5) is 11.7. The van der Waals surface area contributed by atoms with Crippen molar-refractivity contribution in [3.05, 3.63) is 71.4 Å². The van der Waals surface area contributed by atoms with Gasteiger partial charge in [-0.15, -0.1) is 0 Å². The molecule has 3 aromatic rings. The lowest BCUT2D eigenvalue weighted by atomic mass is 10.1. The number of methoxy groups -OCH3 is 1. The second-order valence-corrected chi connectivity index (χ2v) is 5.99. The molecule has 0 amide bonds. The highest BCUT2D eigenvalue weighted by Gasteiger charge is 2.16. The predicted octanol–water partition coefficient (Wildman–Crippen LogP) is 4.66. The molecule has 0 saturated carbocycles. The molecule has 2 aromatic carbocycles. The van der Waals surface area contributed by atoms with Crippen LogP contribution in [0.5, 0.6) is 5.75 Å². The SMILES string of the molecule is CC=Cc1cc(Nc2ccc(OC)cc2C(=O)O)n(-c2ccccc2C)n1. The summed E-state index contributed by atoms with van der Waals surface area (Å²) in [6.45, 7) is 3.93. The van der Waals surface area contributed by atoms with Gasteiger partial charge in [0.2, 0.25) is 0 Å². The molecule has 0 fully saturated rings. The van der Waals surface area contributed by atoms with Gasteiger partial charge in [0.05, 0.1) is 29.7 Å². The molecule has 0 aliphatic carbocycles. The molecule has 6 heteroatoms. The quantitative estimate of drug-likeness (QED) is 0.666. The summed E-state index contributed by atoms with van der Waals surface area (Å²) in [5.74, 6) is 0.122. The maximum atomic E-state index is 11.7. The normalized spacial score (nSPS) is 10.9. The number of aryl methyl sites for hydroxylation is 1. The van der Waals surface area contributed by atoms with Crippen LogP contribution < -0.4 is 10.1 Å². The predicted molar refractivity (Wildman–Crippen MR) is 106 cm³/mol. The van der Waals surface area contributed by atoms with Gasteiger partial charge in [0.1, 0.15) is 11.6 Å². The molecule has 0 radical (unpaired) electrons. The molecular formula is C21H21N3O3. The number of anilines is 2. The number of allylic oxidation sites excluding steroid dienone is 1. The number of benzene rings is 2. The van der Waals surface area contributed by atoms with Gasteiger partial charge in [0.25, 0.3) is 0 Å². The fourth-order valence-corrected chi connectivity index (χ4v) is 2.80. The number of hydrogen-bond acceptors (Lipinski definition) is 4. The minimum atomic E-state index is -1.04. The smallest absolute Gasteiger partial charge is 0.337 e. The maximum Gasteiger partial charge on any atom is 0.337 e. The van der Waals surface area contributed by atoms with Gasteiger partial charge in [0, 0.05) is 6.07 Å². The first kappa shape index (κ1) is 18.3. The maximum absolute atomic E-state index is 11.7. The average Bonchev–Trinajstić information content (AvgIpc) is 3.04. The molecule has 0 spiro atoms. The van der Waals surface area contributed by atoms with Crippen molar-refractivity contribution in [2.45, 2.75) is 13.8 Å². The number of nitrogens with one attached hydrogen (secondary N) is 1. The van der Waals surface area contributed by atoms with Crippen LogP contribution in [0.15, 0.2) is 54.6 Å². The third kappa shape index (κ3) is 3.84. The Hall–Kier alpha value is -3.54. The molecule has 1 heterocycles. The van der Waals surface area contributed by atoms with Gasteiger partial charge in [0.15, 0.2) is 0 Å². The number of nitrogens with zero attached hydrogens (tertiary/aromatic N) is 2. The van der Waals surface area contributed by atoms with Crippen LogP contribution in [0.25, 0.3) is 11.8 Å². The van der Waals surface area contributed by atoms with Gasteiger partial charge in [-0.1, -0.05) is 24.3 Å². The standard InChI is InChI=1S/C21H21N3O3/c1-4-7-15-12-20(24(23-15)19-9-6-5-8-14(19)2)22-18-11-10-16(27-3)13-17(18)21(25)26/h4-13,22H,1-3H3,(H,25,26). The van der Waals surface area contributed by atoms with Crippen molar-refractivity contribution >= 4 is 23.6 Å². The Morgan fingerprint density at radius 1 is 1.22 bits per heavy atom. The first-order valence-electron chi connectivity index (χ1n) is 8.50. The van der Waals surface area contributed by atoms with Crippen LogP contribution in [0.2, 0.25) is 0 Å². The highest BCUT2D eigenvalue weighted by molar-refractivity contribution is 5.95. The summed E-state index contributed by atoms with van der Waals surface area (Å²) < 4.78 is 6.92. The second-order valence-electron chi connectivity index (χ2n) is 5.99. The van der Waals surface area contributed by atoms with Crippen LogP contribution in [0.4, 0.5) is 11.5 Å². The zero-order valence-electron chi connectivity index (χ0n) is 15.4. The van der Waals surface area contributed by atoms with Gasteiger partial charge >= 0.3 is 5.97 Å². The molecule has 0 aliphatic heterocycles. The average molecular weight is 363 g/mol. The van der Waals surface area contributed by atoms with Gasteiger partial charge in [-0.2, -0.15) is 5.10 Å². The zero-order chi connectivity index (χ0) is 19.4. The van der Waals surface area contributed by atoms with Gasteiger partial charge in [-0.3, -0.25) is 0 Å². The van der Waals surface area contributed by atoms with E-state index >= 15 is 0 Å². The van der Waals surface area contributed by atoms with E-state index in [0.29, 0.717) is 17.3 Å². The largest absolute Gasteiger partial charge is 0.497 e. The van der Waals surface area contributed by atoms with E-state index < -0.39 is 5.97 Å². The molecule has 0 saturated heterocycles. The van der Waals surface area contributed by atoms with Crippen molar-refractivity contribution in [2.24, 2.45) is 0 Å². The number of para-hydroxylation sites is 1. The fourth-order valence-electron chi connectivity index (χ4n) is 2.80. The summed E-state index contributed by atoms with van der Waals surface area (Å²) in [5.41, 5.74) is 3.34. The molecule has 6 nitrogen and oxygen atoms in total. The van der Waals surface area contributed by atoms with Crippen molar-refractivity contribution in [3.63, 3.8) is 0 Å². The molecular weight excluding hydrogens is 342 g/mol. The summed E-state index contributed by atoms with van der Waals surface area (Å²) in [6, 6.07) is 14.7. The lowest BCUT2D eigenvalue weighted by Crippen LogP contribution is -2.07. The van der Waals surface area contributed by atoms with Crippen molar-refractivity contribution < 1.29 is 14.6 Å². The zero-order valence-corrected chi connectivity index (χ0v) is 15.4. The van der Waals surface area contributed by atoms with E-state index in [9.17, 15) is 9.90 Å². The van der Waals surface area contributed by atoms with Gasteiger partial charge in [-0.05, 0) is 49.8 Å². The van der Waals surface area contributed by atoms with E-state index in [1.807, 2.05) is 56.3 Å². The minimum Gasteiger partial charge on any atom is -0.497 e. The molecule has 0 bridgehead atoms. The van der Waals surface area contributed by atoms with Gasteiger partial charge in [-0.25, -0.2) is 9.48 Å². The van der Waals surface area contributed by atoms with Crippen molar-refractivity contribution in [3.8, 4) is 11.4 Å². The van der Waals surface area contributed by atoms with E-state index in [1.165, 1.54) is 13.2 Å². The minimum absolute atomic E-state index is 0.125. The van der Waals surface area contributed by atoms with Crippen molar-refractivity contribution in [1.29, 1.82) is 0 Å². The number of hydrogen-bond donors (Lipinski definition) is 2. The van der Waals surface area contributed by atoms with Crippen LogP contribution in [0, 0.1) is 6.92 Å². The van der Waals surface area contributed by atoms with Crippen LogP contribution in [0.1, 0.15) is 28.5 Å². The Morgan fingerprint density at radius 2 is 2.00 bits per heavy atom. The molecule has 3 rings (SSSR count). The highest BCUT2D eigenvalue weighted by Crippen LogP contribution is 2.28. The Kier molecular flexibility index (Phi) is 5.26. The van der Waals surface area contributed by atoms with E-state index in [4.69, 9.17) is 4.74 Å². The van der Waals surface area contributed by atoms with E-state index in [1.54, 1.807) is 16.8 Å². The van der Waals surface area contributed by atoms with Crippen LogP contribution in [-0.4, -0.2) is 28.0 Å². The number of carboxylic acids is 1. The van der Waals surface area contributed by atoms with Crippen LogP contribution >= 0.6 is 0 Å². The summed E-state index contributed by atoms with van der Waals surface area (Å²) >= 11 is 0.